The van der Waals surface area contributed by atoms with Crippen molar-refractivity contribution in [3.63, 3.8) is 0 Å². The van der Waals surface area contributed by atoms with E-state index in [1.807, 2.05) is 0 Å². The Morgan fingerprint density at radius 3 is 2.57 bits per heavy atom. The average Bonchev–Trinajstić information content (AvgIpc) is 1.69. The lowest BCUT2D eigenvalue weighted by atomic mass is 10.2. The van der Waals surface area contributed by atoms with Gasteiger partial charge >= 0.3 is 0 Å². The van der Waals surface area contributed by atoms with Crippen molar-refractivity contribution in [1.29, 1.82) is 0 Å². The Morgan fingerprint density at radius 2 is 2.29 bits per heavy atom. The number of nitrogens with zero attached hydrogens (tertiary/aromatic N) is 1. The highest BCUT2D eigenvalue weighted by molar-refractivity contribution is 5.51. The van der Waals surface area contributed by atoms with Gasteiger partial charge in [0.1, 0.15) is 19.8 Å². The lowest BCUT2D eigenvalue weighted by Gasteiger charge is -2.00. The summed E-state index contributed by atoms with van der Waals surface area (Å²) >= 11 is 0. The van der Waals surface area contributed by atoms with Crippen LogP contribution in [0.3, 0.4) is 0 Å². The fourth-order valence-electron chi connectivity index (χ4n) is 0.909. The Balaban J connectivity index is 2.40. The van der Waals surface area contributed by atoms with Gasteiger partial charge < -0.3 is 0 Å². The van der Waals surface area contributed by atoms with Crippen LogP contribution >= 0.6 is 0 Å². The molecule has 0 aromatic heterocycles. The molecular formula is C6H12N+. The molecule has 40 valence electrons. The summed E-state index contributed by atoms with van der Waals surface area (Å²) in [7, 11) is 2.14. The van der Waals surface area contributed by atoms with Crippen molar-refractivity contribution >= 4 is 6.21 Å². The molecule has 0 fully saturated rings. The number of rotatable bonds is 0. The molecule has 1 heterocycles. The molecule has 0 aliphatic carbocycles. The third-order valence-electron chi connectivity index (χ3n) is 1.41. The van der Waals surface area contributed by atoms with Gasteiger partial charge in [0.15, 0.2) is 0 Å². The molecule has 0 bridgehead atoms. The average molecular weight is 98.2 g/mol. The van der Waals surface area contributed by atoms with E-state index in [0.717, 1.165) is 0 Å². The lowest BCUT2D eigenvalue weighted by Crippen LogP contribution is -2.13. The molecule has 0 aromatic rings. The van der Waals surface area contributed by atoms with E-state index >= 15 is 0 Å². The molecule has 0 amide bonds. The maximum atomic E-state index is 2.27. The monoisotopic (exact) mass is 98.1 g/mol. The zero-order valence-electron chi connectivity index (χ0n) is 4.85. The lowest BCUT2D eigenvalue weighted by molar-refractivity contribution is -0.497. The topological polar surface area (TPSA) is 3.01 Å². The molecule has 1 aliphatic heterocycles. The van der Waals surface area contributed by atoms with Gasteiger partial charge in [-0.05, 0) is 6.42 Å². The fraction of sp³-hybridized carbons (Fsp3) is 0.833. The van der Waals surface area contributed by atoms with E-state index < -0.39 is 0 Å². The summed E-state index contributed by atoms with van der Waals surface area (Å²) in [5, 5.41) is 0. The Kier molecular flexibility index (Phi) is 1.45. The van der Waals surface area contributed by atoms with Crippen LogP contribution in [-0.4, -0.2) is 24.4 Å². The fourth-order valence-corrected chi connectivity index (χ4v) is 0.909. The quantitative estimate of drug-likeness (QED) is 0.396. The van der Waals surface area contributed by atoms with Gasteiger partial charge in [0.2, 0.25) is 0 Å². The molecule has 0 saturated heterocycles. The first-order valence-corrected chi connectivity index (χ1v) is 2.93. The Bertz CT molecular complexity index is 84.2. The van der Waals surface area contributed by atoms with Gasteiger partial charge in [0.05, 0.1) is 0 Å². The summed E-state index contributed by atoms with van der Waals surface area (Å²) < 4.78 is 2.27. The molecule has 0 aromatic carbocycles. The van der Waals surface area contributed by atoms with E-state index in [1.54, 1.807) is 0 Å². The smallest absolute Gasteiger partial charge is 0.142 e. The minimum Gasteiger partial charge on any atom is -0.242 e. The molecule has 0 radical (unpaired) electrons. The van der Waals surface area contributed by atoms with Gasteiger partial charge in [-0.15, -0.1) is 0 Å². The number of hydrogen-bond acceptors (Lipinski definition) is 0. The Labute approximate surface area is 44.7 Å². The summed E-state index contributed by atoms with van der Waals surface area (Å²) in [4.78, 5) is 0. The summed E-state index contributed by atoms with van der Waals surface area (Å²) in [6.07, 6.45) is 6.33. The third-order valence-corrected chi connectivity index (χ3v) is 1.41. The van der Waals surface area contributed by atoms with Crippen molar-refractivity contribution in [2.24, 2.45) is 0 Å². The maximum Gasteiger partial charge on any atom is 0.142 e. The van der Waals surface area contributed by atoms with Crippen LogP contribution in [0.1, 0.15) is 19.3 Å². The predicted octanol–water partition coefficient (Wildman–Crippen LogP) is 0.883. The van der Waals surface area contributed by atoms with Crippen LogP contribution in [0, 0.1) is 0 Å². The van der Waals surface area contributed by atoms with Gasteiger partial charge in [-0.2, -0.15) is 0 Å². The molecule has 1 rings (SSSR count). The maximum absolute atomic E-state index is 2.27. The minimum atomic E-state index is 1.26. The van der Waals surface area contributed by atoms with Crippen LogP contribution in [0.15, 0.2) is 0 Å². The number of hydrogen-bond donors (Lipinski definition) is 0. The highest BCUT2D eigenvalue weighted by Gasteiger charge is 2.01. The first kappa shape index (κ1) is 4.82. The molecule has 0 saturated carbocycles. The summed E-state index contributed by atoms with van der Waals surface area (Å²) in [6.45, 7) is 1.26. The van der Waals surface area contributed by atoms with Crippen molar-refractivity contribution in [3.8, 4) is 0 Å². The largest absolute Gasteiger partial charge is 0.242 e. The van der Waals surface area contributed by atoms with E-state index in [1.165, 1.54) is 25.8 Å². The van der Waals surface area contributed by atoms with E-state index in [4.69, 9.17) is 0 Å². The van der Waals surface area contributed by atoms with Crippen LogP contribution in [0.25, 0.3) is 0 Å². The SMILES string of the molecule is C[N+]1=CCCCC1. The van der Waals surface area contributed by atoms with Gasteiger partial charge in [0.25, 0.3) is 0 Å². The predicted molar refractivity (Wildman–Crippen MR) is 31.0 cm³/mol. The van der Waals surface area contributed by atoms with Gasteiger partial charge in [-0.3, -0.25) is 0 Å². The van der Waals surface area contributed by atoms with Gasteiger partial charge in [0, 0.05) is 12.8 Å². The molecule has 1 nitrogen and oxygen atoms in total. The van der Waals surface area contributed by atoms with Crippen molar-refractivity contribution in [3.05, 3.63) is 0 Å². The van der Waals surface area contributed by atoms with Crippen LogP contribution < -0.4 is 0 Å². The van der Waals surface area contributed by atoms with Gasteiger partial charge in [-0.25, -0.2) is 4.58 Å². The van der Waals surface area contributed by atoms with Crippen LogP contribution in [0.5, 0.6) is 0 Å². The van der Waals surface area contributed by atoms with E-state index in [0.29, 0.717) is 0 Å². The summed E-state index contributed by atoms with van der Waals surface area (Å²) in [6, 6.07) is 0. The molecule has 0 unspecified atom stereocenters. The minimum absolute atomic E-state index is 1.26. The van der Waals surface area contributed by atoms with Crippen molar-refractivity contribution in [2.45, 2.75) is 19.3 Å². The molecule has 1 aliphatic rings. The zero-order chi connectivity index (χ0) is 5.11. The Morgan fingerprint density at radius 1 is 1.43 bits per heavy atom. The van der Waals surface area contributed by atoms with Crippen LogP contribution in [-0.2, 0) is 0 Å². The van der Waals surface area contributed by atoms with Crippen LogP contribution in [0.4, 0.5) is 0 Å². The molecule has 0 spiro atoms. The zero-order valence-corrected chi connectivity index (χ0v) is 4.85. The van der Waals surface area contributed by atoms with E-state index in [9.17, 15) is 0 Å². The van der Waals surface area contributed by atoms with E-state index in [2.05, 4.69) is 17.8 Å². The van der Waals surface area contributed by atoms with Gasteiger partial charge in [-0.1, -0.05) is 0 Å². The van der Waals surface area contributed by atoms with Crippen molar-refractivity contribution in [2.75, 3.05) is 13.6 Å². The molecule has 0 atom stereocenters. The Hall–Kier alpha value is -0.330. The van der Waals surface area contributed by atoms with Crippen molar-refractivity contribution < 1.29 is 4.58 Å². The highest BCUT2D eigenvalue weighted by Crippen LogP contribution is 1.97. The third kappa shape index (κ3) is 1.30. The molecular weight excluding hydrogens is 86.1 g/mol. The second-order valence-corrected chi connectivity index (χ2v) is 2.16. The standard InChI is InChI=1S/C6H12N/c1-7-5-3-2-4-6-7/h5H,2-4,6H2,1H3/q+1. The first-order valence-electron chi connectivity index (χ1n) is 2.93. The van der Waals surface area contributed by atoms with Crippen LogP contribution in [0.2, 0.25) is 0 Å². The first-order chi connectivity index (χ1) is 3.39. The molecule has 7 heavy (non-hydrogen) atoms. The summed E-state index contributed by atoms with van der Waals surface area (Å²) in [5.74, 6) is 0. The highest BCUT2D eigenvalue weighted by atomic mass is 14.9. The van der Waals surface area contributed by atoms with Crippen molar-refractivity contribution in [1.82, 2.24) is 0 Å². The summed E-state index contributed by atoms with van der Waals surface area (Å²) in [5.41, 5.74) is 0. The van der Waals surface area contributed by atoms with E-state index in [-0.39, 0.29) is 0 Å². The second kappa shape index (κ2) is 2.10. The molecule has 0 N–H and O–H groups in total. The molecule has 1 heteroatoms. The second-order valence-electron chi connectivity index (χ2n) is 2.16. The normalized spacial score (nSPS) is 21.6.